The summed E-state index contributed by atoms with van der Waals surface area (Å²) in [4.78, 5) is 28.7. The van der Waals surface area contributed by atoms with E-state index < -0.39 is 14.8 Å². The van der Waals surface area contributed by atoms with Crippen LogP contribution in [0.4, 0.5) is 0 Å². The molecule has 0 aliphatic heterocycles. The average Bonchev–Trinajstić information content (AvgIpc) is 2.31. The van der Waals surface area contributed by atoms with Gasteiger partial charge in [0.25, 0.3) is 0 Å². The van der Waals surface area contributed by atoms with Gasteiger partial charge in [-0.25, -0.2) is 0 Å². The molecule has 0 rings (SSSR count). The van der Waals surface area contributed by atoms with Gasteiger partial charge in [-0.15, -0.1) is 0 Å². The Bertz CT molecular complexity index is 226. The van der Waals surface area contributed by atoms with Gasteiger partial charge in [0.2, 0.25) is 0 Å². The molecule has 0 atom stereocenters. The number of ether oxygens (including phenoxy) is 1. The molecule has 0 bridgehead atoms. The van der Waals surface area contributed by atoms with Gasteiger partial charge in [-0.2, -0.15) is 11.8 Å². The molecule has 6 nitrogen and oxygen atoms in total. The van der Waals surface area contributed by atoms with E-state index in [1.54, 1.807) is 11.8 Å². The lowest BCUT2D eigenvalue weighted by atomic mass is 10.4. The Morgan fingerprint density at radius 3 is 2.50 bits per heavy atom. The van der Waals surface area contributed by atoms with E-state index in [4.69, 9.17) is 9.84 Å². The predicted octanol–water partition coefficient (Wildman–Crippen LogP) is 0.561. The number of hydrogen-bond donors (Lipinski definition) is 3. The standard InChI is InChI=1S/C10H22O6SSi/c1-15-18(13,14)9-3-8-17-7-2-5-16-6-4-10(11)12/h13-14H,2-9H2,1H3,(H,11,12). The second-order valence-corrected chi connectivity index (χ2v) is 7.39. The fourth-order valence-electron chi connectivity index (χ4n) is 1.13. The van der Waals surface area contributed by atoms with Crippen LogP contribution in [0.3, 0.4) is 0 Å². The third-order valence-electron chi connectivity index (χ3n) is 2.16. The first-order valence-electron chi connectivity index (χ1n) is 5.85. The molecule has 108 valence electrons. The average molecular weight is 298 g/mol. The Hall–Kier alpha value is -0.123. The van der Waals surface area contributed by atoms with Crippen molar-refractivity contribution in [2.45, 2.75) is 25.3 Å². The van der Waals surface area contributed by atoms with Gasteiger partial charge in [0.05, 0.1) is 13.0 Å². The quantitative estimate of drug-likeness (QED) is 0.358. The molecule has 0 spiro atoms. The zero-order valence-electron chi connectivity index (χ0n) is 10.6. The molecular formula is C10H22O6SSi. The van der Waals surface area contributed by atoms with Crippen LogP contribution in [-0.4, -0.2) is 61.3 Å². The van der Waals surface area contributed by atoms with E-state index in [1.165, 1.54) is 7.11 Å². The first kappa shape index (κ1) is 17.9. The van der Waals surface area contributed by atoms with Gasteiger partial charge >= 0.3 is 14.8 Å². The fraction of sp³-hybridized carbons (Fsp3) is 0.900. The van der Waals surface area contributed by atoms with Gasteiger partial charge in [0, 0.05) is 19.8 Å². The van der Waals surface area contributed by atoms with Crippen LogP contribution in [0.1, 0.15) is 19.3 Å². The smallest absolute Gasteiger partial charge is 0.481 e. The monoisotopic (exact) mass is 298 g/mol. The molecule has 0 aromatic rings. The molecular weight excluding hydrogens is 276 g/mol. The third-order valence-corrected chi connectivity index (χ3v) is 4.97. The summed E-state index contributed by atoms with van der Waals surface area (Å²) in [5.41, 5.74) is 0. The number of rotatable bonds is 12. The van der Waals surface area contributed by atoms with Crippen LogP contribution in [0.25, 0.3) is 0 Å². The molecule has 0 fully saturated rings. The van der Waals surface area contributed by atoms with Gasteiger partial charge in [-0.3, -0.25) is 4.79 Å². The van der Waals surface area contributed by atoms with Crippen LogP contribution in [-0.2, 0) is 14.0 Å². The molecule has 0 saturated carbocycles. The molecule has 3 N–H and O–H groups in total. The zero-order chi connectivity index (χ0) is 13.9. The number of aliphatic carboxylic acids is 1. The topological polar surface area (TPSA) is 96.2 Å². The Labute approximate surface area is 113 Å². The SMILES string of the molecule is CO[Si](O)(O)CCCSCCCOCCC(=O)O. The largest absolute Gasteiger partial charge is 0.495 e. The Morgan fingerprint density at radius 1 is 1.22 bits per heavy atom. The van der Waals surface area contributed by atoms with E-state index in [0.717, 1.165) is 24.3 Å². The van der Waals surface area contributed by atoms with Gasteiger partial charge in [-0.05, 0) is 24.3 Å². The summed E-state index contributed by atoms with van der Waals surface area (Å²) < 4.78 is 9.74. The van der Waals surface area contributed by atoms with Crippen LogP contribution in [0.5, 0.6) is 0 Å². The van der Waals surface area contributed by atoms with Crippen LogP contribution < -0.4 is 0 Å². The number of carbonyl (C=O) groups is 1. The van der Waals surface area contributed by atoms with Gasteiger partial charge < -0.3 is 23.9 Å². The van der Waals surface area contributed by atoms with Crippen molar-refractivity contribution in [1.82, 2.24) is 0 Å². The molecule has 0 radical (unpaired) electrons. The Balaban J connectivity index is 3.15. The first-order chi connectivity index (χ1) is 8.48. The minimum Gasteiger partial charge on any atom is -0.481 e. The second-order valence-electron chi connectivity index (χ2n) is 3.77. The minimum atomic E-state index is -3.37. The minimum absolute atomic E-state index is 0.0455. The molecule has 0 aromatic heterocycles. The van der Waals surface area contributed by atoms with E-state index in [2.05, 4.69) is 4.43 Å². The molecule has 0 unspecified atom stereocenters. The van der Waals surface area contributed by atoms with Crippen molar-refractivity contribution >= 4 is 26.5 Å². The lowest BCUT2D eigenvalue weighted by Crippen LogP contribution is -2.37. The lowest BCUT2D eigenvalue weighted by molar-refractivity contribution is -0.138. The predicted molar refractivity (Wildman–Crippen MR) is 71.6 cm³/mol. The highest BCUT2D eigenvalue weighted by atomic mass is 32.2. The molecule has 0 saturated heterocycles. The molecule has 0 amide bonds. The van der Waals surface area contributed by atoms with E-state index in [1.807, 2.05) is 0 Å². The van der Waals surface area contributed by atoms with Crippen molar-refractivity contribution in [3.05, 3.63) is 0 Å². The Kier molecular flexibility index (Phi) is 10.7. The number of thioether (sulfide) groups is 1. The van der Waals surface area contributed by atoms with Crippen molar-refractivity contribution in [2.75, 3.05) is 31.8 Å². The number of hydrogen-bond acceptors (Lipinski definition) is 6. The maximum absolute atomic E-state index is 10.2. The fourth-order valence-corrected chi connectivity index (χ4v) is 3.11. The van der Waals surface area contributed by atoms with Crippen LogP contribution in [0.2, 0.25) is 6.04 Å². The van der Waals surface area contributed by atoms with Crippen LogP contribution in [0.15, 0.2) is 0 Å². The van der Waals surface area contributed by atoms with Crippen LogP contribution in [0, 0.1) is 0 Å². The first-order valence-corrected chi connectivity index (χ1v) is 9.01. The van der Waals surface area contributed by atoms with Crippen molar-refractivity contribution in [2.24, 2.45) is 0 Å². The van der Waals surface area contributed by atoms with Crippen molar-refractivity contribution in [3.63, 3.8) is 0 Å². The van der Waals surface area contributed by atoms with E-state index in [0.29, 0.717) is 12.7 Å². The van der Waals surface area contributed by atoms with E-state index in [9.17, 15) is 14.4 Å². The Morgan fingerprint density at radius 2 is 1.89 bits per heavy atom. The maximum Gasteiger partial charge on any atom is 0.495 e. The normalized spacial score (nSPS) is 11.7. The number of carboxylic acids is 1. The summed E-state index contributed by atoms with van der Waals surface area (Å²) in [6.07, 6.45) is 1.64. The summed E-state index contributed by atoms with van der Waals surface area (Å²) >= 11 is 1.72. The second kappa shape index (κ2) is 10.8. The van der Waals surface area contributed by atoms with E-state index >= 15 is 0 Å². The summed E-state index contributed by atoms with van der Waals surface area (Å²) in [5.74, 6) is 0.933. The van der Waals surface area contributed by atoms with Gasteiger partial charge in [0.1, 0.15) is 0 Å². The van der Waals surface area contributed by atoms with Crippen molar-refractivity contribution in [1.29, 1.82) is 0 Å². The summed E-state index contributed by atoms with van der Waals surface area (Å²) in [7, 11) is -2.05. The summed E-state index contributed by atoms with van der Waals surface area (Å²) in [5, 5.41) is 8.37. The molecule has 18 heavy (non-hydrogen) atoms. The zero-order valence-corrected chi connectivity index (χ0v) is 12.4. The van der Waals surface area contributed by atoms with Crippen molar-refractivity contribution < 1.29 is 28.7 Å². The highest BCUT2D eigenvalue weighted by Gasteiger charge is 2.29. The summed E-state index contributed by atoms with van der Waals surface area (Å²) in [6, 6.07) is 0.325. The molecule has 0 heterocycles. The van der Waals surface area contributed by atoms with Crippen LogP contribution >= 0.6 is 11.8 Å². The molecule has 0 aromatic carbocycles. The lowest BCUT2D eigenvalue weighted by Gasteiger charge is -2.13. The van der Waals surface area contributed by atoms with E-state index in [-0.39, 0.29) is 13.0 Å². The van der Waals surface area contributed by atoms with Crippen molar-refractivity contribution in [3.8, 4) is 0 Å². The maximum atomic E-state index is 10.2. The van der Waals surface area contributed by atoms with Gasteiger partial charge in [-0.1, -0.05) is 0 Å². The highest BCUT2D eigenvalue weighted by Crippen LogP contribution is 2.11. The molecule has 0 aliphatic rings. The van der Waals surface area contributed by atoms with Gasteiger partial charge in [0.15, 0.2) is 0 Å². The molecule has 8 heteroatoms. The summed E-state index contributed by atoms with van der Waals surface area (Å²) in [6.45, 7) is 0.827. The number of carboxylic acid groups (broad SMARTS) is 1. The molecule has 0 aliphatic carbocycles. The third kappa shape index (κ3) is 12.3. The highest BCUT2D eigenvalue weighted by molar-refractivity contribution is 7.99.